The molecule has 1 heterocycles. The van der Waals surface area contributed by atoms with Gasteiger partial charge in [0, 0.05) is 30.8 Å². The summed E-state index contributed by atoms with van der Waals surface area (Å²) in [5.74, 6) is -2.16. The number of carboxylic acid groups (broad SMARTS) is 1. The van der Waals surface area contributed by atoms with Gasteiger partial charge in [0.1, 0.15) is 11.4 Å². The van der Waals surface area contributed by atoms with Gasteiger partial charge < -0.3 is 16.6 Å². The van der Waals surface area contributed by atoms with Gasteiger partial charge in [-0.3, -0.25) is 14.5 Å². The Morgan fingerprint density at radius 1 is 1.45 bits per heavy atom. The zero-order valence-electron chi connectivity index (χ0n) is 10.8. The van der Waals surface area contributed by atoms with E-state index >= 15 is 0 Å². The van der Waals surface area contributed by atoms with Gasteiger partial charge in [0.2, 0.25) is 5.91 Å². The number of halogens is 1. The molecule has 1 aliphatic rings. The number of benzene rings is 1. The Hall–Kier alpha value is -1.99. The molecule has 2 rings (SSSR count). The summed E-state index contributed by atoms with van der Waals surface area (Å²) in [7, 11) is 0. The fourth-order valence-corrected chi connectivity index (χ4v) is 2.31. The smallest absolute Gasteiger partial charge is 0.325 e. The molecule has 1 unspecified atom stereocenters. The molecular formula is C13H16FN3O3. The van der Waals surface area contributed by atoms with Crippen molar-refractivity contribution in [2.75, 3.05) is 13.1 Å². The van der Waals surface area contributed by atoms with E-state index in [1.54, 1.807) is 4.90 Å². The summed E-state index contributed by atoms with van der Waals surface area (Å²) in [6.07, 6.45) is 0.305. The monoisotopic (exact) mass is 281 g/mol. The quantitative estimate of drug-likeness (QED) is 0.714. The molecular weight excluding hydrogens is 265 g/mol. The van der Waals surface area contributed by atoms with Crippen molar-refractivity contribution in [2.45, 2.75) is 18.5 Å². The molecule has 0 radical (unpaired) electrons. The topological polar surface area (TPSA) is 110 Å². The van der Waals surface area contributed by atoms with Gasteiger partial charge >= 0.3 is 5.97 Å². The lowest BCUT2D eigenvalue weighted by Gasteiger charge is -2.20. The van der Waals surface area contributed by atoms with Crippen molar-refractivity contribution in [3.8, 4) is 0 Å². The van der Waals surface area contributed by atoms with E-state index in [9.17, 15) is 14.0 Å². The summed E-state index contributed by atoms with van der Waals surface area (Å²) in [5, 5.41) is 9.04. The van der Waals surface area contributed by atoms with E-state index in [2.05, 4.69) is 0 Å². The Morgan fingerprint density at radius 2 is 2.15 bits per heavy atom. The van der Waals surface area contributed by atoms with Crippen LogP contribution in [-0.2, 0) is 11.3 Å². The first-order valence-corrected chi connectivity index (χ1v) is 6.15. The highest BCUT2D eigenvalue weighted by Crippen LogP contribution is 2.22. The van der Waals surface area contributed by atoms with E-state index in [0.29, 0.717) is 18.5 Å². The third kappa shape index (κ3) is 2.78. The molecule has 0 spiro atoms. The van der Waals surface area contributed by atoms with Crippen molar-refractivity contribution in [1.29, 1.82) is 0 Å². The van der Waals surface area contributed by atoms with Gasteiger partial charge in [-0.1, -0.05) is 0 Å². The predicted octanol–water partition coefficient (Wildman–Crippen LogP) is -0.0876. The van der Waals surface area contributed by atoms with Gasteiger partial charge in [-0.15, -0.1) is 0 Å². The number of primary amides is 1. The number of aliphatic carboxylic acids is 1. The number of amides is 1. The second-order valence-electron chi connectivity index (χ2n) is 5.09. The molecule has 7 heteroatoms. The lowest BCUT2D eigenvalue weighted by atomic mass is 10.0. The molecule has 5 N–H and O–H groups in total. The third-order valence-corrected chi connectivity index (χ3v) is 3.53. The van der Waals surface area contributed by atoms with E-state index < -0.39 is 23.2 Å². The molecule has 1 atom stereocenters. The second kappa shape index (κ2) is 5.18. The van der Waals surface area contributed by atoms with Crippen molar-refractivity contribution in [1.82, 2.24) is 4.90 Å². The highest BCUT2D eigenvalue weighted by atomic mass is 19.1. The van der Waals surface area contributed by atoms with E-state index in [-0.39, 0.29) is 18.7 Å². The molecule has 1 aromatic carbocycles. The summed E-state index contributed by atoms with van der Waals surface area (Å²) in [6.45, 7) is 0.796. The van der Waals surface area contributed by atoms with Crippen LogP contribution in [0.5, 0.6) is 0 Å². The Bertz CT molecular complexity index is 564. The van der Waals surface area contributed by atoms with Crippen molar-refractivity contribution < 1.29 is 19.1 Å². The van der Waals surface area contributed by atoms with Gasteiger partial charge in [0.05, 0.1) is 0 Å². The maximum atomic E-state index is 13.7. The molecule has 0 aromatic heterocycles. The minimum Gasteiger partial charge on any atom is -0.480 e. The highest BCUT2D eigenvalue weighted by molar-refractivity contribution is 5.92. The molecule has 108 valence electrons. The molecule has 1 saturated heterocycles. The Labute approximate surface area is 115 Å². The average molecular weight is 281 g/mol. The summed E-state index contributed by atoms with van der Waals surface area (Å²) >= 11 is 0. The van der Waals surface area contributed by atoms with Crippen LogP contribution in [0.2, 0.25) is 0 Å². The van der Waals surface area contributed by atoms with Crippen molar-refractivity contribution in [2.24, 2.45) is 11.5 Å². The van der Waals surface area contributed by atoms with Crippen LogP contribution in [0.25, 0.3) is 0 Å². The standard InChI is InChI=1S/C13H16FN3O3/c14-10-2-1-8(11(15)18)5-9(10)6-17-4-3-13(16,7-17)12(19)20/h1-2,5H,3-4,6-7,16H2,(H2,15,18)(H,19,20). The molecule has 1 amide bonds. The van der Waals surface area contributed by atoms with Crippen molar-refractivity contribution in [3.63, 3.8) is 0 Å². The average Bonchev–Trinajstić information content (AvgIpc) is 2.75. The number of carbonyl (C=O) groups excluding carboxylic acids is 1. The van der Waals surface area contributed by atoms with Crippen LogP contribution in [0.1, 0.15) is 22.3 Å². The van der Waals surface area contributed by atoms with Crippen LogP contribution in [0.15, 0.2) is 18.2 Å². The second-order valence-corrected chi connectivity index (χ2v) is 5.09. The lowest BCUT2D eigenvalue weighted by molar-refractivity contribution is -0.142. The largest absolute Gasteiger partial charge is 0.480 e. The number of nitrogens with zero attached hydrogens (tertiary/aromatic N) is 1. The number of carbonyl (C=O) groups is 2. The highest BCUT2D eigenvalue weighted by Gasteiger charge is 2.41. The van der Waals surface area contributed by atoms with Crippen LogP contribution in [0.4, 0.5) is 4.39 Å². The first-order chi connectivity index (χ1) is 9.32. The van der Waals surface area contributed by atoms with Crippen LogP contribution in [-0.4, -0.2) is 40.5 Å². The molecule has 0 bridgehead atoms. The SMILES string of the molecule is NC(=O)c1ccc(F)c(CN2CCC(N)(C(=O)O)C2)c1. The lowest BCUT2D eigenvalue weighted by Crippen LogP contribution is -2.50. The molecule has 1 aromatic rings. The maximum absolute atomic E-state index is 13.7. The van der Waals surface area contributed by atoms with Gasteiger partial charge in [-0.25, -0.2) is 4.39 Å². The first kappa shape index (κ1) is 14.4. The Balaban J connectivity index is 2.14. The van der Waals surface area contributed by atoms with E-state index in [0.717, 1.165) is 0 Å². The number of likely N-dealkylation sites (tertiary alicyclic amines) is 1. The summed E-state index contributed by atoms with van der Waals surface area (Å²) in [6, 6.07) is 3.88. The predicted molar refractivity (Wildman–Crippen MR) is 69.4 cm³/mol. The maximum Gasteiger partial charge on any atom is 0.325 e. The number of carboxylic acids is 1. The van der Waals surface area contributed by atoms with Crippen LogP contribution in [0.3, 0.4) is 0 Å². The number of hydrogen-bond acceptors (Lipinski definition) is 4. The number of nitrogens with two attached hydrogens (primary N) is 2. The van der Waals surface area contributed by atoms with E-state index in [1.165, 1.54) is 18.2 Å². The van der Waals surface area contributed by atoms with Gasteiger partial charge in [-0.05, 0) is 24.6 Å². The fraction of sp³-hybridized carbons (Fsp3) is 0.385. The summed E-state index contributed by atoms with van der Waals surface area (Å²) in [5.41, 5.74) is 10.1. The van der Waals surface area contributed by atoms with Gasteiger partial charge in [-0.2, -0.15) is 0 Å². The minimum absolute atomic E-state index is 0.141. The Kier molecular flexibility index (Phi) is 3.74. The molecule has 0 saturated carbocycles. The van der Waals surface area contributed by atoms with Crippen LogP contribution < -0.4 is 11.5 Å². The molecule has 1 fully saturated rings. The van der Waals surface area contributed by atoms with Crippen molar-refractivity contribution >= 4 is 11.9 Å². The van der Waals surface area contributed by atoms with Crippen LogP contribution >= 0.6 is 0 Å². The zero-order chi connectivity index (χ0) is 14.9. The normalized spacial score (nSPS) is 22.9. The summed E-state index contributed by atoms with van der Waals surface area (Å²) < 4.78 is 13.7. The van der Waals surface area contributed by atoms with Gasteiger partial charge in [0.25, 0.3) is 0 Å². The van der Waals surface area contributed by atoms with Crippen molar-refractivity contribution in [3.05, 3.63) is 35.1 Å². The molecule has 20 heavy (non-hydrogen) atoms. The number of rotatable bonds is 4. The molecule has 0 aliphatic carbocycles. The number of hydrogen-bond donors (Lipinski definition) is 3. The Morgan fingerprint density at radius 3 is 2.70 bits per heavy atom. The molecule has 1 aliphatic heterocycles. The fourth-order valence-electron chi connectivity index (χ4n) is 2.31. The first-order valence-electron chi connectivity index (χ1n) is 6.15. The van der Waals surface area contributed by atoms with Gasteiger partial charge in [0.15, 0.2) is 0 Å². The summed E-state index contributed by atoms with van der Waals surface area (Å²) in [4.78, 5) is 23.9. The minimum atomic E-state index is -1.29. The zero-order valence-corrected chi connectivity index (χ0v) is 10.8. The van der Waals surface area contributed by atoms with Crippen LogP contribution in [0, 0.1) is 5.82 Å². The van der Waals surface area contributed by atoms with E-state index in [4.69, 9.17) is 16.6 Å². The molecule has 6 nitrogen and oxygen atoms in total. The third-order valence-electron chi connectivity index (χ3n) is 3.53. The van der Waals surface area contributed by atoms with E-state index in [1.807, 2.05) is 0 Å².